The highest BCUT2D eigenvalue weighted by atomic mass is 35.5. The molecule has 1 aromatic heterocycles. The molecule has 1 amide bonds. The van der Waals surface area contributed by atoms with Crippen molar-refractivity contribution in [3.63, 3.8) is 0 Å². The zero-order valence-corrected chi connectivity index (χ0v) is 16.3. The lowest BCUT2D eigenvalue weighted by molar-refractivity contribution is 0.00931. The standard InChI is InChI=1S/C19H27ClN2O3/c1-11(2)10-14-12-7-9-22(18(23)25-19(3,4)5)15(12)13-6-8-21-17(20)16(13)24-14/h6,8,11-12,14-15H,7,9-10H2,1-5H3. The van der Waals surface area contributed by atoms with Gasteiger partial charge in [-0.25, -0.2) is 9.78 Å². The van der Waals surface area contributed by atoms with E-state index in [1.165, 1.54) is 0 Å². The van der Waals surface area contributed by atoms with Crippen molar-refractivity contribution in [3.05, 3.63) is 23.0 Å². The molecular weight excluding hydrogens is 340 g/mol. The van der Waals surface area contributed by atoms with E-state index < -0.39 is 5.60 Å². The molecule has 25 heavy (non-hydrogen) atoms. The van der Waals surface area contributed by atoms with Gasteiger partial charge in [0.15, 0.2) is 10.9 Å². The fourth-order valence-electron chi connectivity index (χ4n) is 3.84. The van der Waals surface area contributed by atoms with Crippen LogP contribution in [0, 0.1) is 11.8 Å². The van der Waals surface area contributed by atoms with Crippen LogP contribution < -0.4 is 4.74 Å². The predicted molar refractivity (Wildman–Crippen MR) is 96.9 cm³/mol. The minimum absolute atomic E-state index is 0.0339. The monoisotopic (exact) mass is 366 g/mol. The van der Waals surface area contributed by atoms with Gasteiger partial charge in [-0.15, -0.1) is 0 Å². The maximum absolute atomic E-state index is 12.8. The van der Waals surface area contributed by atoms with E-state index in [9.17, 15) is 4.79 Å². The van der Waals surface area contributed by atoms with E-state index in [1.54, 1.807) is 6.20 Å². The van der Waals surface area contributed by atoms with Crippen LogP contribution >= 0.6 is 11.6 Å². The summed E-state index contributed by atoms with van der Waals surface area (Å²) in [6.45, 7) is 10.7. The second kappa shape index (κ2) is 6.67. The number of likely N-dealkylation sites (tertiary alicyclic amines) is 1. The molecule has 1 saturated heterocycles. The lowest BCUT2D eigenvalue weighted by atomic mass is 9.83. The van der Waals surface area contributed by atoms with Crippen molar-refractivity contribution in [2.45, 2.75) is 65.2 Å². The Morgan fingerprint density at radius 3 is 2.84 bits per heavy atom. The van der Waals surface area contributed by atoms with Crippen molar-refractivity contribution in [3.8, 4) is 5.75 Å². The predicted octanol–water partition coefficient (Wildman–Crippen LogP) is 4.84. The largest absolute Gasteiger partial charge is 0.486 e. The maximum Gasteiger partial charge on any atom is 0.410 e. The molecule has 3 unspecified atom stereocenters. The third kappa shape index (κ3) is 3.71. The fraction of sp³-hybridized carbons (Fsp3) is 0.684. The van der Waals surface area contributed by atoms with E-state index in [1.807, 2.05) is 31.7 Å². The molecule has 0 spiro atoms. The molecule has 2 aliphatic heterocycles. The first-order valence-corrected chi connectivity index (χ1v) is 9.36. The Morgan fingerprint density at radius 2 is 2.20 bits per heavy atom. The minimum Gasteiger partial charge on any atom is -0.486 e. The van der Waals surface area contributed by atoms with Crippen molar-refractivity contribution < 1.29 is 14.3 Å². The van der Waals surface area contributed by atoms with Gasteiger partial charge in [0, 0.05) is 24.2 Å². The van der Waals surface area contributed by atoms with E-state index in [0.717, 1.165) is 18.4 Å². The first-order valence-electron chi connectivity index (χ1n) is 8.98. The Bertz CT molecular complexity index is 657. The average Bonchev–Trinajstić information content (AvgIpc) is 2.91. The molecule has 6 heteroatoms. The van der Waals surface area contributed by atoms with Crippen LogP contribution in [0.4, 0.5) is 4.79 Å². The van der Waals surface area contributed by atoms with Gasteiger partial charge < -0.3 is 14.4 Å². The molecule has 3 heterocycles. The molecule has 2 aliphatic rings. The summed E-state index contributed by atoms with van der Waals surface area (Å²) in [5, 5.41) is 0.362. The topological polar surface area (TPSA) is 51.7 Å². The molecular formula is C19H27ClN2O3. The quantitative estimate of drug-likeness (QED) is 0.703. The highest BCUT2D eigenvalue weighted by molar-refractivity contribution is 6.31. The smallest absolute Gasteiger partial charge is 0.410 e. The number of fused-ring (bicyclic) bond motifs is 3. The SMILES string of the molecule is CC(C)CC1Oc2c(ccnc2Cl)C2C1CCN2C(=O)OC(C)(C)C. The summed E-state index contributed by atoms with van der Waals surface area (Å²) in [6.07, 6.45) is 3.26. The number of aromatic nitrogens is 1. The number of pyridine rings is 1. The van der Waals surface area contributed by atoms with Gasteiger partial charge in [-0.3, -0.25) is 0 Å². The second-order valence-electron chi connectivity index (χ2n) is 8.38. The van der Waals surface area contributed by atoms with Gasteiger partial charge in [0.25, 0.3) is 0 Å². The molecule has 3 rings (SSSR count). The molecule has 0 radical (unpaired) electrons. The second-order valence-corrected chi connectivity index (χ2v) is 8.74. The third-order valence-corrected chi connectivity index (χ3v) is 5.00. The van der Waals surface area contributed by atoms with Gasteiger partial charge in [0.1, 0.15) is 11.7 Å². The van der Waals surface area contributed by atoms with E-state index in [4.69, 9.17) is 21.1 Å². The van der Waals surface area contributed by atoms with Crippen LogP contribution in [-0.4, -0.2) is 34.2 Å². The molecule has 0 aromatic carbocycles. The summed E-state index contributed by atoms with van der Waals surface area (Å²) in [6, 6.07) is 1.84. The third-order valence-electron chi connectivity index (χ3n) is 4.73. The molecule has 1 aromatic rings. The first-order chi connectivity index (χ1) is 11.7. The highest BCUT2D eigenvalue weighted by Crippen LogP contribution is 2.50. The number of hydrogen-bond acceptors (Lipinski definition) is 4. The van der Waals surface area contributed by atoms with E-state index >= 15 is 0 Å². The van der Waals surface area contributed by atoms with Crippen LogP contribution in [-0.2, 0) is 4.74 Å². The lowest BCUT2D eigenvalue weighted by Crippen LogP contribution is -2.42. The van der Waals surface area contributed by atoms with Gasteiger partial charge in [-0.1, -0.05) is 25.4 Å². The molecule has 0 bridgehead atoms. The van der Waals surface area contributed by atoms with E-state index in [0.29, 0.717) is 23.4 Å². The number of halogens is 1. The average molecular weight is 367 g/mol. The summed E-state index contributed by atoms with van der Waals surface area (Å²) in [4.78, 5) is 18.7. The van der Waals surface area contributed by atoms with Crippen molar-refractivity contribution in [1.82, 2.24) is 9.88 Å². The normalized spacial score (nSPS) is 25.4. The zero-order valence-electron chi connectivity index (χ0n) is 15.6. The number of amides is 1. The number of carbonyl (C=O) groups excluding carboxylic acids is 1. The Hall–Kier alpha value is -1.49. The Balaban J connectivity index is 1.96. The molecule has 5 nitrogen and oxygen atoms in total. The minimum atomic E-state index is -0.517. The van der Waals surface area contributed by atoms with Gasteiger partial charge >= 0.3 is 6.09 Å². The molecule has 0 saturated carbocycles. The number of rotatable bonds is 2. The van der Waals surface area contributed by atoms with Crippen LogP contribution in [0.3, 0.4) is 0 Å². The lowest BCUT2D eigenvalue weighted by Gasteiger charge is -2.39. The number of hydrogen-bond donors (Lipinski definition) is 0. The maximum atomic E-state index is 12.8. The zero-order chi connectivity index (χ0) is 18.4. The van der Waals surface area contributed by atoms with E-state index in [2.05, 4.69) is 18.8 Å². The molecule has 138 valence electrons. The van der Waals surface area contributed by atoms with Crippen molar-refractivity contribution in [2.24, 2.45) is 11.8 Å². The Labute approximate surface area is 154 Å². The van der Waals surface area contributed by atoms with Crippen LogP contribution in [0.15, 0.2) is 12.3 Å². The number of nitrogens with zero attached hydrogens (tertiary/aromatic N) is 2. The van der Waals surface area contributed by atoms with Gasteiger partial charge in [-0.05, 0) is 45.6 Å². The number of carbonyl (C=O) groups is 1. The Morgan fingerprint density at radius 1 is 1.48 bits per heavy atom. The molecule has 3 atom stereocenters. The van der Waals surface area contributed by atoms with Crippen LogP contribution in [0.1, 0.15) is 59.1 Å². The summed E-state index contributed by atoms with van der Waals surface area (Å²) in [5.74, 6) is 1.37. The molecule has 0 aliphatic carbocycles. The Kier molecular flexibility index (Phi) is 4.89. The van der Waals surface area contributed by atoms with Gasteiger partial charge in [0.05, 0.1) is 6.04 Å². The van der Waals surface area contributed by atoms with Crippen LogP contribution in [0.25, 0.3) is 0 Å². The fourth-order valence-corrected chi connectivity index (χ4v) is 4.05. The molecule has 0 N–H and O–H groups in total. The van der Waals surface area contributed by atoms with E-state index in [-0.39, 0.29) is 24.2 Å². The highest BCUT2D eigenvalue weighted by Gasteiger charge is 2.48. The number of ether oxygens (including phenoxy) is 2. The van der Waals surface area contributed by atoms with Crippen LogP contribution in [0.5, 0.6) is 5.75 Å². The van der Waals surface area contributed by atoms with Crippen molar-refractivity contribution in [1.29, 1.82) is 0 Å². The van der Waals surface area contributed by atoms with Gasteiger partial charge in [0.2, 0.25) is 0 Å². The molecule has 1 fully saturated rings. The summed E-state index contributed by atoms with van der Waals surface area (Å²) >= 11 is 6.30. The summed E-state index contributed by atoms with van der Waals surface area (Å²) in [5.41, 5.74) is 0.421. The van der Waals surface area contributed by atoms with Gasteiger partial charge in [-0.2, -0.15) is 0 Å². The van der Waals surface area contributed by atoms with Crippen molar-refractivity contribution >= 4 is 17.7 Å². The summed E-state index contributed by atoms with van der Waals surface area (Å²) in [7, 11) is 0. The summed E-state index contributed by atoms with van der Waals surface area (Å²) < 4.78 is 11.9. The van der Waals surface area contributed by atoms with Crippen LogP contribution in [0.2, 0.25) is 5.15 Å². The first kappa shape index (κ1) is 18.3. The van der Waals surface area contributed by atoms with Crippen molar-refractivity contribution in [2.75, 3.05) is 6.54 Å².